The summed E-state index contributed by atoms with van der Waals surface area (Å²) in [6.07, 6.45) is 0. The van der Waals surface area contributed by atoms with Crippen molar-refractivity contribution in [2.75, 3.05) is 0 Å². The summed E-state index contributed by atoms with van der Waals surface area (Å²) in [6.45, 7) is 1.78. The lowest BCUT2D eigenvalue weighted by Gasteiger charge is -1.99. The maximum atomic E-state index is 10.7. The van der Waals surface area contributed by atoms with Crippen LogP contribution in [0.4, 0.5) is 0 Å². The van der Waals surface area contributed by atoms with E-state index in [1.54, 1.807) is 19.1 Å². The molecule has 5 nitrogen and oxygen atoms in total. The van der Waals surface area contributed by atoms with E-state index in [9.17, 15) is 9.90 Å². The number of phenols is 1. The lowest BCUT2D eigenvalue weighted by Crippen LogP contribution is -1.93. The molecular weight excluding hydrogens is 184 g/mol. The number of phenolic OH excluding ortho intramolecular Hbond substituents is 1. The third-order valence-electron chi connectivity index (χ3n) is 1.89. The van der Waals surface area contributed by atoms with Crippen LogP contribution in [0.25, 0.3) is 11.5 Å². The van der Waals surface area contributed by atoms with Gasteiger partial charge in [0.1, 0.15) is 5.75 Å². The number of H-pyrrole nitrogens is 1. The second-order valence-electron chi connectivity index (χ2n) is 2.92. The lowest BCUT2D eigenvalue weighted by atomic mass is 10.1. The zero-order valence-corrected chi connectivity index (χ0v) is 7.44. The van der Waals surface area contributed by atoms with E-state index >= 15 is 0 Å². The van der Waals surface area contributed by atoms with E-state index in [-0.39, 0.29) is 11.6 Å². The smallest absolute Gasteiger partial charge is 0.434 e. The summed E-state index contributed by atoms with van der Waals surface area (Å²) in [6, 6.07) is 4.93. The minimum absolute atomic E-state index is 0.146. The molecule has 0 aliphatic heterocycles. The summed E-state index contributed by atoms with van der Waals surface area (Å²) in [5.74, 6) is -0.293. The van der Waals surface area contributed by atoms with Crippen LogP contribution >= 0.6 is 0 Å². The molecule has 0 unspecified atom stereocenters. The van der Waals surface area contributed by atoms with Gasteiger partial charge in [0.15, 0.2) is 0 Å². The third-order valence-corrected chi connectivity index (χ3v) is 1.89. The van der Waals surface area contributed by atoms with Crippen LogP contribution in [-0.4, -0.2) is 15.3 Å². The molecule has 1 aromatic heterocycles. The number of hydrogen-bond acceptors (Lipinski definition) is 4. The first-order valence-corrected chi connectivity index (χ1v) is 4.02. The highest BCUT2D eigenvalue weighted by molar-refractivity contribution is 5.56. The predicted molar refractivity (Wildman–Crippen MR) is 49.0 cm³/mol. The number of aromatic hydroxyl groups is 1. The molecular formula is C9H8N2O3. The van der Waals surface area contributed by atoms with Gasteiger partial charge in [-0.25, -0.2) is 9.89 Å². The van der Waals surface area contributed by atoms with E-state index in [0.29, 0.717) is 5.56 Å². The quantitative estimate of drug-likeness (QED) is 0.707. The molecule has 2 N–H and O–H groups in total. The molecule has 0 bridgehead atoms. The molecule has 0 aliphatic carbocycles. The number of nitrogens with one attached hydrogen (secondary N) is 1. The third kappa shape index (κ3) is 1.39. The van der Waals surface area contributed by atoms with Crippen molar-refractivity contribution in [2.24, 2.45) is 0 Å². The fourth-order valence-electron chi connectivity index (χ4n) is 1.10. The van der Waals surface area contributed by atoms with E-state index in [1.807, 2.05) is 0 Å². The van der Waals surface area contributed by atoms with Gasteiger partial charge in [0.25, 0.3) is 0 Å². The van der Waals surface area contributed by atoms with Gasteiger partial charge < -0.3 is 9.52 Å². The summed E-state index contributed by atoms with van der Waals surface area (Å²) < 4.78 is 4.73. The first-order valence-electron chi connectivity index (χ1n) is 4.02. The maximum Gasteiger partial charge on any atom is 0.434 e. The van der Waals surface area contributed by atoms with E-state index in [0.717, 1.165) is 5.56 Å². The summed E-state index contributed by atoms with van der Waals surface area (Å²) in [5, 5.41) is 15.2. The summed E-state index contributed by atoms with van der Waals surface area (Å²) in [7, 11) is 0. The van der Waals surface area contributed by atoms with Crippen molar-refractivity contribution in [2.45, 2.75) is 6.92 Å². The molecule has 0 radical (unpaired) electrons. The summed E-state index contributed by atoms with van der Waals surface area (Å²) >= 11 is 0. The number of hydrogen-bond donors (Lipinski definition) is 2. The molecule has 1 heterocycles. The molecule has 0 spiro atoms. The normalized spacial score (nSPS) is 10.4. The fraction of sp³-hybridized carbons (Fsp3) is 0.111. The number of rotatable bonds is 1. The Hall–Kier alpha value is -2.04. The van der Waals surface area contributed by atoms with Crippen LogP contribution < -0.4 is 5.76 Å². The van der Waals surface area contributed by atoms with Crippen LogP contribution in [0.5, 0.6) is 5.75 Å². The van der Waals surface area contributed by atoms with E-state index in [2.05, 4.69) is 10.2 Å². The number of aromatic amines is 1. The molecule has 2 rings (SSSR count). The molecule has 0 amide bonds. The molecule has 0 saturated carbocycles. The number of nitrogens with zero attached hydrogens (tertiary/aromatic N) is 1. The first kappa shape index (κ1) is 8.55. The van der Waals surface area contributed by atoms with Crippen LogP contribution in [0, 0.1) is 6.92 Å². The second-order valence-corrected chi connectivity index (χ2v) is 2.92. The fourth-order valence-corrected chi connectivity index (χ4v) is 1.10. The van der Waals surface area contributed by atoms with E-state index < -0.39 is 5.76 Å². The van der Waals surface area contributed by atoms with Crippen LogP contribution in [0.3, 0.4) is 0 Å². The van der Waals surface area contributed by atoms with Gasteiger partial charge in [0, 0.05) is 5.56 Å². The number of benzene rings is 1. The second kappa shape index (κ2) is 3.02. The number of aryl methyl sites for hydroxylation is 1. The SMILES string of the molecule is Cc1ccc(-c2n[nH]c(=O)o2)cc1O. The van der Waals surface area contributed by atoms with Crippen molar-refractivity contribution in [1.82, 2.24) is 10.2 Å². The minimum atomic E-state index is -0.611. The molecule has 0 saturated heterocycles. The minimum Gasteiger partial charge on any atom is -0.508 e. The van der Waals surface area contributed by atoms with Crippen molar-refractivity contribution in [3.05, 3.63) is 34.3 Å². The Morgan fingerprint density at radius 3 is 2.86 bits per heavy atom. The van der Waals surface area contributed by atoms with Crippen LogP contribution in [0.1, 0.15) is 5.56 Å². The molecule has 0 aliphatic rings. The van der Waals surface area contributed by atoms with E-state index in [1.165, 1.54) is 6.07 Å². The van der Waals surface area contributed by atoms with Gasteiger partial charge in [-0.3, -0.25) is 0 Å². The Labute approximate surface area is 79.0 Å². The van der Waals surface area contributed by atoms with Crippen molar-refractivity contribution in [1.29, 1.82) is 0 Å². The molecule has 0 atom stereocenters. The molecule has 5 heteroatoms. The van der Waals surface area contributed by atoms with Gasteiger partial charge in [0.05, 0.1) is 0 Å². The first-order chi connectivity index (χ1) is 6.66. The number of aromatic nitrogens is 2. The highest BCUT2D eigenvalue weighted by atomic mass is 16.4. The van der Waals surface area contributed by atoms with Crippen molar-refractivity contribution < 1.29 is 9.52 Å². The Morgan fingerprint density at radius 1 is 1.50 bits per heavy atom. The van der Waals surface area contributed by atoms with Crippen molar-refractivity contribution in [3.8, 4) is 17.2 Å². The lowest BCUT2D eigenvalue weighted by molar-refractivity contribution is 0.470. The highest BCUT2D eigenvalue weighted by Crippen LogP contribution is 2.23. The zero-order valence-electron chi connectivity index (χ0n) is 7.44. The van der Waals surface area contributed by atoms with Gasteiger partial charge in [-0.1, -0.05) is 6.07 Å². The Balaban J connectivity index is 2.52. The molecule has 1 aromatic carbocycles. The van der Waals surface area contributed by atoms with Crippen molar-refractivity contribution >= 4 is 0 Å². The summed E-state index contributed by atoms with van der Waals surface area (Å²) in [4.78, 5) is 10.7. The van der Waals surface area contributed by atoms with Gasteiger partial charge >= 0.3 is 5.76 Å². The predicted octanol–water partition coefficient (Wildman–Crippen LogP) is 1.04. The molecule has 14 heavy (non-hydrogen) atoms. The van der Waals surface area contributed by atoms with Gasteiger partial charge in [-0.2, -0.15) is 0 Å². The standard InChI is InChI=1S/C9H8N2O3/c1-5-2-3-6(4-7(5)12)8-10-11-9(13)14-8/h2-4,12H,1H3,(H,11,13). The van der Waals surface area contributed by atoms with Crippen LogP contribution in [-0.2, 0) is 0 Å². The molecule has 0 fully saturated rings. The maximum absolute atomic E-state index is 10.7. The summed E-state index contributed by atoms with van der Waals surface area (Å²) in [5.41, 5.74) is 1.32. The topological polar surface area (TPSA) is 79.1 Å². The Kier molecular flexibility index (Phi) is 1.85. The zero-order chi connectivity index (χ0) is 10.1. The largest absolute Gasteiger partial charge is 0.508 e. The monoisotopic (exact) mass is 192 g/mol. The van der Waals surface area contributed by atoms with Crippen LogP contribution in [0.2, 0.25) is 0 Å². The van der Waals surface area contributed by atoms with Gasteiger partial charge in [-0.05, 0) is 24.6 Å². The van der Waals surface area contributed by atoms with Crippen molar-refractivity contribution in [3.63, 3.8) is 0 Å². The van der Waals surface area contributed by atoms with Gasteiger partial charge in [-0.15, -0.1) is 5.10 Å². The Morgan fingerprint density at radius 2 is 2.29 bits per heavy atom. The van der Waals surface area contributed by atoms with E-state index in [4.69, 9.17) is 4.42 Å². The highest BCUT2D eigenvalue weighted by Gasteiger charge is 2.06. The average Bonchev–Trinajstić information content (AvgIpc) is 2.57. The average molecular weight is 192 g/mol. The molecule has 2 aromatic rings. The van der Waals surface area contributed by atoms with Crippen LogP contribution in [0.15, 0.2) is 27.4 Å². The Bertz CT molecular complexity index is 513. The molecule has 72 valence electrons. The van der Waals surface area contributed by atoms with Gasteiger partial charge in [0.2, 0.25) is 5.89 Å².